The van der Waals surface area contributed by atoms with Gasteiger partial charge < -0.3 is 153 Å². The maximum absolute atomic E-state index is 12.6. The molecule has 0 unspecified atom stereocenters. The molecule has 4 aliphatic carbocycles. The molecular weight excluding hydrogens is 1250 g/mol. The van der Waals surface area contributed by atoms with Gasteiger partial charge in [-0.25, -0.2) is 0 Å². The average molecular weight is 1360 g/mol. The highest BCUT2D eigenvalue weighted by atomic mass is 16.8. The van der Waals surface area contributed by atoms with Gasteiger partial charge >= 0.3 is 0 Å². The second kappa shape index (κ2) is 28.5. The lowest BCUT2D eigenvalue weighted by atomic mass is 9.44. The van der Waals surface area contributed by atoms with E-state index in [1.807, 2.05) is 0 Å². The lowest BCUT2D eigenvalue weighted by molar-refractivity contribution is -0.411. The van der Waals surface area contributed by atoms with E-state index in [1.165, 1.54) is 13.8 Å². The van der Waals surface area contributed by atoms with Crippen LogP contribution in [0.4, 0.5) is 0 Å². The normalized spacial score (nSPS) is 57.8. The van der Waals surface area contributed by atoms with Crippen molar-refractivity contribution >= 4 is 0 Å². The number of aliphatic hydroxyl groups excluding tert-OH is 17. The Morgan fingerprint density at radius 3 is 1.67 bits per heavy atom. The maximum atomic E-state index is 12.6. The van der Waals surface area contributed by atoms with Crippen molar-refractivity contribution in [2.45, 2.75) is 301 Å². The SMILES string of the molecule is C[C@@H]1CC[C@@]2(OC1)O[C@H]1C[C@H]3[C@@H]4CC[C@H]5C[C@@H](O[C@@H]6O[C@H](CO)[C@@H](O)[C@H](O[C@@H]7O[C@H](CO)[C@@H](O)[C@H](OC[C@@H]8O[C@H](CO)[C@@H](O)[C@H](O)[C@H]8O)[C@H]7O[C@@H]7O[C@@H](C)[C@H](O)[C@@H](O)[C@H]7O)[C@H]6O[C@@H]6O[C@@H](C)[C@H](O[C@@H]7OC[C@@H](O)[C@H](O)[C@H]7O)[C@@H](O)[C@H]6O)[C@H](O)C[C@]5(C)[C@H]4CC[C@]3(C)[C@H]1[C@@H]2C. The van der Waals surface area contributed by atoms with Crippen LogP contribution in [0.2, 0.25) is 0 Å². The summed E-state index contributed by atoms with van der Waals surface area (Å²) in [5.41, 5.74) is -0.312. The van der Waals surface area contributed by atoms with Gasteiger partial charge in [-0.1, -0.05) is 27.7 Å². The molecule has 0 radical (unpaired) electrons. The highest BCUT2D eigenvalue weighted by Crippen LogP contribution is 2.71. The van der Waals surface area contributed by atoms with Crippen LogP contribution in [0, 0.1) is 52.3 Å². The predicted octanol–water partition coefficient (Wildman–Crippen LogP) is -5.55. The molecule has 31 heteroatoms. The fourth-order valence-electron chi connectivity index (χ4n) is 19.0. The van der Waals surface area contributed by atoms with Crippen molar-refractivity contribution in [3.63, 3.8) is 0 Å². The van der Waals surface area contributed by atoms with E-state index in [4.69, 9.17) is 66.3 Å². The van der Waals surface area contributed by atoms with Crippen molar-refractivity contribution in [3.05, 3.63) is 0 Å². The highest BCUT2D eigenvalue weighted by molar-refractivity contribution is 5.16. The second-order valence-corrected chi connectivity index (χ2v) is 30.0. The largest absolute Gasteiger partial charge is 0.394 e. The van der Waals surface area contributed by atoms with E-state index in [2.05, 4.69) is 27.7 Å². The molecule has 8 aliphatic heterocycles. The minimum Gasteiger partial charge on any atom is -0.394 e. The van der Waals surface area contributed by atoms with E-state index in [0.717, 1.165) is 44.9 Å². The van der Waals surface area contributed by atoms with E-state index in [0.29, 0.717) is 43.1 Å². The smallest absolute Gasteiger partial charge is 0.187 e. The first kappa shape index (κ1) is 72.5. The molecule has 12 fully saturated rings. The minimum absolute atomic E-state index is 0.0141. The molecule has 0 aromatic carbocycles. The number of ether oxygens (including phenoxy) is 14. The summed E-state index contributed by atoms with van der Waals surface area (Å²) in [5.74, 6) is 1.55. The third-order valence-corrected chi connectivity index (χ3v) is 24.5. The molecule has 8 heterocycles. The van der Waals surface area contributed by atoms with Gasteiger partial charge in [-0.15, -0.1) is 0 Å². The van der Waals surface area contributed by atoms with Crippen LogP contribution in [0.3, 0.4) is 0 Å². The van der Waals surface area contributed by atoms with Gasteiger partial charge in [0.05, 0.1) is 70.2 Å². The summed E-state index contributed by atoms with van der Waals surface area (Å²) in [4.78, 5) is 0. The van der Waals surface area contributed by atoms with E-state index in [1.54, 1.807) is 0 Å². The highest BCUT2D eigenvalue weighted by Gasteiger charge is 2.70. The molecule has 1 spiro atoms. The van der Waals surface area contributed by atoms with Crippen molar-refractivity contribution < 1.29 is 153 Å². The topological polar surface area (TPSA) is 473 Å². The molecule has 4 saturated carbocycles. The first-order valence-electron chi connectivity index (χ1n) is 34.0. The Balaban J connectivity index is 0.838. The lowest BCUT2D eigenvalue weighted by Gasteiger charge is -2.62. The van der Waals surface area contributed by atoms with Gasteiger partial charge in [-0.05, 0) is 112 Å². The Labute approximate surface area is 544 Å². The zero-order valence-electron chi connectivity index (χ0n) is 53.9. The zero-order chi connectivity index (χ0) is 67.5. The van der Waals surface area contributed by atoms with Crippen molar-refractivity contribution in [3.8, 4) is 0 Å². The fraction of sp³-hybridized carbons (Fsp3) is 1.00. The van der Waals surface area contributed by atoms with Crippen molar-refractivity contribution in [1.82, 2.24) is 0 Å². The molecule has 12 rings (SSSR count). The van der Waals surface area contributed by atoms with Crippen molar-refractivity contribution in [2.24, 2.45) is 52.3 Å². The third-order valence-electron chi connectivity index (χ3n) is 24.5. The summed E-state index contributed by atoms with van der Waals surface area (Å²) in [7, 11) is 0. The van der Waals surface area contributed by atoms with Gasteiger partial charge in [0.15, 0.2) is 37.2 Å². The Kier molecular flexibility index (Phi) is 22.0. The van der Waals surface area contributed by atoms with Crippen LogP contribution in [0.1, 0.15) is 99.3 Å². The van der Waals surface area contributed by atoms with Gasteiger partial charge in [-0.3, -0.25) is 0 Å². The molecular formula is C63H104O31. The molecule has 0 amide bonds. The van der Waals surface area contributed by atoms with Gasteiger partial charge in [0.2, 0.25) is 0 Å². The van der Waals surface area contributed by atoms with Crippen molar-refractivity contribution in [2.75, 3.05) is 39.6 Å². The number of hydrogen-bond acceptors (Lipinski definition) is 31. The second-order valence-electron chi connectivity index (χ2n) is 30.0. The number of hydrogen-bond donors (Lipinski definition) is 17. The summed E-state index contributed by atoms with van der Waals surface area (Å²) in [6.07, 6.45) is -46.1. The first-order chi connectivity index (χ1) is 44.6. The maximum Gasteiger partial charge on any atom is 0.187 e. The Bertz CT molecular complexity index is 2490. The molecule has 0 bridgehead atoms. The monoisotopic (exact) mass is 1360 g/mol. The molecule has 42 atom stereocenters. The molecule has 0 aromatic heterocycles. The number of aliphatic hydroxyl groups is 17. The predicted molar refractivity (Wildman–Crippen MR) is 311 cm³/mol. The lowest BCUT2D eigenvalue weighted by Crippen LogP contribution is -2.69. The molecule has 94 heavy (non-hydrogen) atoms. The Morgan fingerprint density at radius 2 is 1.01 bits per heavy atom. The zero-order valence-corrected chi connectivity index (χ0v) is 53.9. The summed E-state index contributed by atoms with van der Waals surface area (Å²) in [6.45, 7) is 8.79. The number of fused-ring (bicyclic) bond motifs is 7. The summed E-state index contributed by atoms with van der Waals surface area (Å²) in [5, 5.41) is 189. The Hall–Kier alpha value is -1.24. The van der Waals surface area contributed by atoms with E-state index < -0.39 is 229 Å². The molecule has 12 aliphatic rings. The molecule has 31 nitrogen and oxygen atoms in total. The van der Waals surface area contributed by atoms with Crippen LogP contribution in [0.5, 0.6) is 0 Å². The summed E-state index contributed by atoms with van der Waals surface area (Å²) >= 11 is 0. The van der Waals surface area contributed by atoms with Crippen LogP contribution in [0.15, 0.2) is 0 Å². The van der Waals surface area contributed by atoms with Crippen LogP contribution in [-0.2, 0) is 66.3 Å². The minimum atomic E-state index is -2.08. The van der Waals surface area contributed by atoms with Crippen LogP contribution in [-0.4, -0.2) is 328 Å². The molecule has 8 saturated heterocycles. The van der Waals surface area contributed by atoms with Crippen LogP contribution < -0.4 is 0 Å². The van der Waals surface area contributed by atoms with Gasteiger partial charge in [0, 0.05) is 12.3 Å². The van der Waals surface area contributed by atoms with E-state index >= 15 is 0 Å². The molecule has 542 valence electrons. The third kappa shape index (κ3) is 12.9. The van der Waals surface area contributed by atoms with Crippen LogP contribution in [0.25, 0.3) is 0 Å². The summed E-state index contributed by atoms with van der Waals surface area (Å²) < 4.78 is 88.0. The summed E-state index contributed by atoms with van der Waals surface area (Å²) in [6, 6.07) is 0. The number of rotatable bonds is 16. The first-order valence-corrected chi connectivity index (χ1v) is 34.0. The van der Waals surface area contributed by atoms with Crippen molar-refractivity contribution in [1.29, 1.82) is 0 Å². The molecule has 0 aromatic rings. The fourth-order valence-corrected chi connectivity index (χ4v) is 19.0. The average Bonchev–Trinajstić information content (AvgIpc) is 1.50. The van der Waals surface area contributed by atoms with Crippen LogP contribution >= 0.6 is 0 Å². The standard InChI is InChI=1S/C63H104O31/c1-22-9-12-63(83-19-22)23(2)38-33(94-63)14-29-27-8-7-26-13-32(30(67)15-62(26,6)28(27)10-11-61(29,38)5)87-59-55(93-58-50(80)47(77)51(25(4)85-58)90-56-48(78)40(70)31(68)20-82-56)53(44(74)36(18-66)88-59)91-60-54(92-57-49(79)45(75)39(69)24(3)84-57)52(43(73)35(17-65)89-60)81-21-37-42(72)46(76)41(71)34(16-64)86-37/h22-60,64-80H,7-21H2,1-6H3/t22-,23+,24+,25+,26+,27-,28+,29+,30-,31-,32-,33+,34-,35-,36-,37+,38+,39+,40+,41-,42+,43-,44-,45-,46+,47+,48-,49-,50-,51+,52+,53+,54-,55-,56+,57+,58+,59-,60+,61+,62+,63-/m1/s1. The van der Waals surface area contributed by atoms with Gasteiger partial charge in [0.1, 0.15) is 134 Å². The Morgan fingerprint density at radius 1 is 0.436 bits per heavy atom. The van der Waals surface area contributed by atoms with Gasteiger partial charge in [-0.2, -0.15) is 0 Å². The van der Waals surface area contributed by atoms with E-state index in [9.17, 15) is 86.8 Å². The van der Waals surface area contributed by atoms with E-state index in [-0.39, 0.29) is 34.7 Å². The quantitative estimate of drug-likeness (QED) is 0.0641. The molecule has 17 N–H and O–H groups in total. The van der Waals surface area contributed by atoms with Gasteiger partial charge in [0.25, 0.3) is 0 Å².